The first-order valence-corrected chi connectivity index (χ1v) is 8.09. The Kier molecular flexibility index (Phi) is 4.22. The third-order valence-corrected chi connectivity index (χ3v) is 3.85. The summed E-state index contributed by atoms with van der Waals surface area (Å²) in [6.07, 6.45) is 5.02. The number of rotatable bonds is 4. The van der Waals surface area contributed by atoms with Crippen molar-refractivity contribution in [2.24, 2.45) is 5.10 Å². The largest absolute Gasteiger partial charge is 0.268 e. The van der Waals surface area contributed by atoms with Crippen LogP contribution in [0.4, 0.5) is 5.95 Å². The summed E-state index contributed by atoms with van der Waals surface area (Å²) in [6, 6.07) is 20.3. The van der Waals surface area contributed by atoms with Gasteiger partial charge in [0.1, 0.15) is 0 Å². The molecule has 0 amide bonds. The molecule has 26 heavy (non-hydrogen) atoms. The highest BCUT2D eigenvalue weighted by Gasteiger charge is 2.11. The third-order valence-electron chi connectivity index (χ3n) is 3.85. The number of para-hydroxylation sites is 2. The molecule has 6 nitrogen and oxygen atoms in total. The van der Waals surface area contributed by atoms with Gasteiger partial charge >= 0.3 is 0 Å². The van der Waals surface area contributed by atoms with E-state index < -0.39 is 0 Å². The Morgan fingerprint density at radius 2 is 1.77 bits per heavy atom. The van der Waals surface area contributed by atoms with E-state index in [1.807, 2.05) is 60.7 Å². The first-order chi connectivity index (χ1) is 12.8. The maximum absolute atomic E-state index is 13.0. The van der Waals surface area contributed by atoms with Crippen LogP contribution >= 0.6 is 0 Å². The second kappa shape index (κ2) is 6.98. The average molecular weight is 341 g/mol. The van der Waals surface area contributed by atoms with Crippen LogP contribution in [0.2, 0.25) is 0 Å². The van der Waals surface area contributed by atoms with E-state index >= 15 is 0 Å². The molecule has 2 aromatic carbocycles. The second-order valence-electron chi connectivity index (χ2n) is 5.59. The minimum Gasteiger partial charge on any atom is -0.268 e. The fourth-order valence-electron chi connectivity index (χ4n) is 2.64. The number of hydrazone groups is 1. The molecule has 1 N–H and O–H groups in total. The van der Waals surface area contributed by atoms with E-state index in [9.17, 15) is 4.79 Å². The van der Waals surface area contributed by atoms with Crippen molar-refractivity contribution in [3.05, 3.63) is 95.0 Å². The monoisotopic (exact) mass is 341 g/mol. The van der Waals surface area contributed by atoms with Gasteiger partial charge in [0, 0.05) is 18.0 Å². The van der Waals surface area contributed by atoms with Gasteiger partial charge in [-0.2, -0.15) is 5.10 Å². The maximum Gasteiger partial charge on any atom is 0.267 e. The summed E-state index contributed by atoms with van der Waals surface area (Å²) in [6.45, 7) is 0. The molecule has 4 aromatic rings. The molecule has 0 bridgehead atoms. The molecule has 0 aliphatic rings. The van der Waals surface area contributed by atoms with Crippen molar-refractivity contribution >= 4 is 23.1 Å². The quantitative estimate of drug-likeness (QED) is 0.457. The van der Waals surface area contributed by atoms with Gasteiger partial charge in [0.15, 0.2) is 0 Å². The van der Waals surface area contributed by atoms with Crippen LogP contribution in [0.1, 0.15) is 5.56 Å². The van der Waals surface area contributed by atoms with Gasteiger partial charge < -0.3 is 0 Å². The van der Waals surface area contributed by atoms with Crippen LogP contribution in [0.25, 0.3) is 16.6 Å². The Labute approximate surface area is 149 Å². The smallest absolute Gasteiger partial charge is 0.267 e. The van der Waals surface area contributed by atoms with Crippen molar-refractivity contribution < 1.29 is 0 Å². The minimum atomic E-state index is -0.152. The zero-order valence-corrected chi connectivity index (χ0v) is 13.8. The van der Waals surface area contributed by atoms with E-state index in [1.54, 1.807) is 24.7 Å². The first kappa shape index (κ1) is 15.7. The highest BCUT2D eigenvalue weighted by atomic mass is 16.1. The molecule has 2 aromatic heterocycles. The minimum absolute atomic E-state index is 0.152. The Morgan fingerprint density at radius 3 is 2.58 bits per heavy atom. The normalized spacial score (nSPS) is 11.1. The number of benzene rings is 2. The van der Waals surface area contributed by atoms with Crippen molar-refractivity contribution in [1.82, 2.24) is 14.5 Å². The SMILES string of the molecule is O=c1c2ccccc2nc(N/N=C/c2cccnc2)n1-c1ccccc1. The van der Waals surface area contributed by atoms with Crippen LogP contribution in [-0.2, 0) is 0 Å². The summed E-state index contributed by atoms with van der Waals surface area (Å²) < 4.78 is 1.52. The number of aromatic nitrogens is 3. The molecule has 4 rings (SSSR count). The van der Waals surface area contributed by atoms with Gasteiger partial charge in [-0.15, -0.1) is 0 Å². The highest BCUT2D eigenvalue weighted by Crippen LogP contribution is 2.16. The number of nitrogens with zero attached hydrogens (tertiary/aromatic N) is 4. The van der Waals surface area contributed by atoms with Crippen LogP contribution in [0.5, 0.6) is 0 Å². The van der Waals surface area contributed by atoms with Crippen LogP contribution in [0.3, 0.4) is 0 Å². The molecule has 0 atom stereocenters. The van der Waals surface area contributed by atoms with Crippen LogP contribution in [-0.4, -0.2) is 20.7 Å². The second-order valence-corrected chi connectivity index (χ2v) is 5.59. The van der Waals surface area contributed by atoms with Crippen molar-refractivity contribution in [1.29, 1.82) is 0 Å². The first-order valence-electron chi connectivity index (χ1n) is 8.09. The summed E-state index contributed by atoms with van der Waals surface area (Å²) in [5, 5.41) is 4.76. The third kappa shape index (κ3) is 3.08. The van der Waals surface area contributed by atoms with Crippen molar-refractivity contribution in [3.63, 3.8) is 0 Å². The van der Waals surface area contributed by atoms with E-state index in [0.717, 1.165) is 11.3 Å². The molecule has 0 spiro atoms. The van der Waals surface area contributed by atoms with Gasteiger partial charge in [0.2, 0.25) is 5.95 Å². The molecule has 0 radical (unpaired) electrons. The topological polar surface area (TPSA) is 72.2 Å². The number of nitrogens with one attached hydrogen (secondary N) is 1. The number of hydrogen-bond acceptors (Lipinski definition) is 5. The molecule has 0 aliphatic carbocycles. The molecule has 6 heteroatoms. The van der Waals surface area contributed by atoms with E-state index in [1.165, 1.54) is 4.57 Å². The van der Waals surface area contributed by atoms with Gasteiger partial charge in [-0.05, 0) is 30.3 Å². The summed E-state index contributed by atoms with van der Waals surface area (Å²) in [7, 11) is 0. The lowest BCUT2D eigenvalue weighted by molar-refractivity contribution is 0.956. The zero-order chi connectivity index (χ0) is 17.8. The maximum atomic E-state index is 13.0. The molecular formula is C20H15N5O. The van der Waals surface area contributed by atoms with Crippen molar-refractivity contribution in [2.75, 3.05) is 5.43 Å². The number of anilines is 1. The van der Waals surface area contributed by atoms with Gasteiger partial charge in [0.05, 0.1) is 22.8 Å². The number of fused-ring (bicyclic) bond motifs is 1. The standard InChI is InChI=1S/C20H15N5O/c26-19-17-10-4-5-11-18(17)23-20(25(19)16-8-2-1-3-9-16)24-22-14-15-7-6-12-21-13-15/h1-14H,(H,23,24)/b22-14+. The fourth-order valence-corrected chi connectivity index (χ4v) is 2.64. The lowest BCUT2D eigenvalue weighted by atomic mass is 10.2. The van der Waals surface area contributed by atoms with Crippen LogP contribution < -0.4 is 11.0 Å². The molecule has 0 saturated heterocycles. The van der Waals surface area contributed by atoms with E-state index in [-0.39, 0.29) is 5.56 Å². The molecule has 126 valence electrons. The van der Waals surface area contributed by atoms with Gasteiger partial charge in [0.25, 0.3) is 5.56 Å². The molecular weight excluding hydrogens is 326 g/mol. The van der Waals surface area contributed by atoms with Crippen molar-refractivity contribution in [2.45, 2.75) is 0 Å². The number of hydrogen-bond donors (Lipinski definition) is 1. The Morgan fingerprint density at radius 1 is 0.962 bits per heavy atom. The predicted octanol–water partition coefficient (Wildman–Crippen LogP) is 3.23. The summed E-state index contributed by atoms with van der Waals surface area (Å²) in [4.78, 5) is 21.6. The zero-order valence-electron chi connectivity index (χ0n) is 13.8. The summed E-state index contributed by atoms with van der Waals surface area (Å²) in [5.74, 6) is 0.347. The van der Waals surface area contributed by atoms with Crippen LogP contribution in [0, 0.1) is 0 Å². The van der Waals surface area contributed by atoms with Gasteiger partial charge in [-0.25, -0.2) is 15.0 Å². The highest BCUT2D eigenvalue weighted by molar-refractivity contribution is 5.81. The summed E-state index contributed by atoms with van der Waals surface area (Å²) in [5.41, 5.74) is 4.91. The van der Waals surface area contributed by atoms with E-state index in [4.69, 9.17) is 0 Å². The lowest BCUT2D eigenvalue weighted by Gasteiger charge is -2.12. The predicted molar refractivity (Wildman–Crippen MR) is 103 cm³/mol. The van der Waals surface area contributed by atoms with Crippen molar-refractivity contribution in [3.8, 4) is 5.69 Å². The van der Waals surface area contributed by atoms with E-state index in [2.05, 4.69) is 20.5 Å². The average Bonchev–Trinajstić information content (AvgIpc) is 2.70. The van der Waals surface area contributed by atoms with Crippen LogP contribution in [0.15, 0.2) is 89.0 Å². The van der Waals surface area contributed by atoms with Gasteiger partial charge in [-0.3, -0.25) is 9.78 Å². The Bertz CT molecular complexity index is 1120. The summed E-state index contributed by atoms with van der Waals surface area (Å²) >= 11 is 0. The molecule has 0 unspecified atom stereocenters. The Balaban J connectivity index is 1.82. The number of pyridine rings is 1. The molecule has 0 aliphatic heterocycles. The lowest BCUT2D eigenvalue weighted by Crippen LogP contribution is -2.22. The van der Waals surface area contributed by atoms with Gasteiger partial charge in [-0.1, -0.05) is 36.4 Å². The van der Waals surface area contributed by atoms with E-state index in [0.29, 0.717) is 16.9 Å². The molecule has 2 heterocycles. The fraction of sp³-hybridized carbons (Fsp3) is 0. The molecule has 0 fully saturated rings. The Hall–Kier alpha value is -3.80. The molecule has 0 saturated carbocycles.